The lowest BCUT2D eigenvalue weighted by Gasteiger charge is -2.22. The van der Waals surface area contributed by atoms with Crippen LogP contribution in [0.4, 0.5) is 4.79 Å². The van der Waals surface area contributed by atoms with Crippen LogP contribution >= 0.6 is 0 Å². The van der Waals surface area contributed by atoms with E-state index in [9.17, 15) is 4.79 Å². The van der Waals surface area contributed by atoms with Gasteiger partial charge in [0, 0.05) is 11.6 Å². The molecule has 5 nitrogen and oxygen atoms in total. The highest BCUT2D eigenvalue weighted by molar-refractivity contribution is 5.74. The summed E-state index contributed by atoms with van der Waals surface area (Å²) < 4.78 is 5.21. The van der Waals surface area contributed by atoms with Gasteiger partial charge >= 0.3 is 6.03 Å². The minimum atomic E-state index is -0.177. The Morgan fingerprint density at radius 1 is 0.964 bits per heavy atom. The van der Waals surface area contributed by atoms with Gasteiger partial charge in [-0.2, -0.15) is 0 Å². The highest BCUT2D eigenvalue weighted by Gasteiger charge is 2.18. The molecule has 146 valence electrons. The Morgan fingerprint density at radius 2 is 1.61 bits per heavy atom. The van der Waals surface area contributed by atoms with Gasteiger partial charge in [-0.1, -0.05) is 65.8 Å². The second-order valence-electron chi connectivity index (χ2n) is 7.18. The number of aryl methyl sites for hydroxylation is 2. The summed E-state index contributed by atoms with van der Waals surface area (Å²) in [4.78, 5) is 12.7. The number of carbonyl (C=O) groups excluding carboxylic acids is 1. The molecule has 3 aromatic rings. The van der Waals surface area contributed by atoms with Gasteiger partial charge in [0.05, 0.1) is 11.7 Å². The van der Waals surface area contributed by atoms with Crippen molar-refractivity contribution in [2.24, 2.45) is 0 Å². The number of rotatable bonds is 7. The number of urea groups is 1. The van der Waals surface area contributed by atoms with Crippen molar-refractivity contribution in [2.45, 2.75) is 45.7 Å². The molecule has 0 fully saturated rings. The van der Waals surface area contributed by atoms with Crippen LogP contribution in [0.5, 0.6) is 0 Å². The summed E-state index contributed by atoms with van der Waals surface area (Å²) in [5.41, 5.74) is 4.19. The molecule has 2 atom stereocenters. The number of amides is 2. The SMILES string of the molecule is Cc1noc(C)c1C[C@H](C)NC(=O)N[C@@H](Cc1ccccc1)c1ccccc1. The van der Waals surface area contributed by atoms with Crippen molar-refractivity contribution in [1.82, 2.24) is 15.8 Å². The average molecular weight is 377 g/mol. The Kier molecular flexibility index (Phi) is 6.48. The first-order valence-electron chi connectivity index (χ1n) is 9.60. The maximum Gasteiger partial charge on any atom is 0.315 e. The highest BCUT2D eigenvalue weighted by Crippen LogP contribution is 2.19. The van der Waals surface area contributed by atoms with Gasteiger partial charge in [-0.05, 0) is 44.7 Å². The molecule has 0 radical (unpaired) electrons. The highest BCUT2D eigenvalue weighted by atomic mass is 16.5. The fourth-order valence-corrected chi connectivity index (χ4v) is 3.36. The Bertz CT molecular complexity index is 871. The van der Waals surface area contributed by atoms with Gasteiger partial charge in [0.15, 0.2) is 0 Å². The first kappa shape index (κ1) is 19.7. The molecule has 0 aliphatic rings. The molecule has 2 N–H and O–H groups in total. The monoisotopic (exact) mass is 377 g/mol. The van der Waals surface area contributed by atoms with Crippen molar-refractivity contribution in [1.29, 1.82) is 0 Å². The summed E-state index contributed by atoms with van der Waals surface area (Å²) in [6.07, 6.45) is 1.42. The molecule has 0 aliphatic heterocycles. The lowest BCUT2D eigenvalue weighted by Crippen LogP contribution is -2.43. The van der Waals surface area contributed by atoms with E-state index in [1.807, 2.05) is 69.3 Å². The quantitative estimate of drug-likeness (QED) is 0.637. The number of nitrogens with zero attached hydrogens (tertiary/aromatic N) is 1. The lowest BCUT2D eigenvalue weighted by atomic mass is 9.99. The van der Waals surface area contributed by atoms with Crippen LogP contribution in [-0.2, 0) is 12.8 Å². The van der Waals surface area contributed by atoms with Crippen LogP contribution in [0.15, 0.2) is 65.2 Å². The normalized spacial score (nSPS) is 13.0. The summed E-state index contributed by atoms with van der Waals surface area (Å²) >= 11 is 0. The minimum Gasteiger partial charge on any atom is -0.361 e. The van der Waals surface area contributed by atoms with Crippen LogP contribution < -0.4 is 10.6 Å². The molecule has 2 aromatic carbocycles. The maximum atomic E-state index is 12.7. The molecule has 1 heterocycles. The van der Waals surface area contributed by atoms with Crippen LogP contribution in [0.25, 0.3) is 0 Å². The van der Waals surface area contributed by atoms with E-state index in [1.54, 1.807) is 0 Å². The van der Waals surface area contributed by atoms with Crippen molar-refractivity contribution < 1.29 is 9.32 Å². The van der Waals surface area contributed by atoms with E-state index in [1.165, 1.54) is 5.56 Å². The van der Waals surface area contributed by atoms with E-state index in [-0.39, 0.29) is 18.1 Å². The fraction of sp³-hybridized carbons (Fsp3) is 0.304. The molecule has 1 aromatic heterocycles. The molecule has 0 saturated carbocycles. The molecule has 2 amide bonds. The van der Waals surface area contributed by atoms with Crippen LogP contribution in [0, 0.1) is 13.8 Å². The Labute approximate surface area is 166 Å². The van der Waals surface area contributed by atoms with Gasteiger partial charge in [0.1, 0.15) is 5.76 Å². The second kappa shape index (κ2) is 9.22. The molecule has 0 aliphatic carbocycles. The van der Waals surface area contributed by atoms with Gasteiger partial charge < -0.3 is 15.2 Å². The second-order valence-corrected chi connectivity index (χ2v) is 7.18. The topological polar surface area (TPSA) is 67.2 Å². The zero-order chi connectivity index (χ0) is 19.9. The third kappa shape index (κ3) is 5.22. The first-order valence-corrected chi connectivity index (χ1v) is 9.60. The van der Waals surface area contributed by atoms with Crippen molar-refractivity contribution in [2.75, 3.05) is 0 Å². The van der Waals surface area contributed by atoms with Gasteiger partial charge in [0.25, 0.3) is 0 Å². The third-order valence-corrected chi connectivity index (χ3v) is 4.86. The minimum absolute atomic E-state index is 0.0371. The van der Waals surface area contributed by atoms with Crippen LogP contribution in [0.2, 0.25) is 0 Å². The third-order valence-electron chi connectivity index (χ3n) is 4.86. The lowest BCUT2D eigenvalue weighted by molar-refractivity contribution is 0.233. The van der Waals surface area contributed by atoms with E-state index >= 15 is 0 Å². The van der Waals surface area contributed by atoms with Crippen LogP contribution in [0.3, 0.4) is 0 Å². The number of carbonyl (C=O) groups is 1. The van der Waals surface area contributed by atoms with Crippen molar-refractivity contribution >= 4 is 6.03 Å². The van der Waals surface area contributed by atoms with Gasteiger partial charge in [-0.25, -0.2) is 4.79 Å². The van der Waals surface area contributed by atoms with E-state index in [0.717, 1.165) is 29.0 Å². The summed E-state index contributed by atoms with van der Waals surface area (Å²) in [6, 6.07) is 19.9. The molecular formula is C23H27N3O2. The van der Waals surface area contributed by atoms with Gasteiger partial charge in [0.2, 0.25) is 0 Å². The summed E-state index contributed by atoms with van der Waals surface area (Å²) in [6.45, 7) is 5.80. The predicted octanol–water partition coefficient (Wildman–Crippen LogP) is 4.51. The van der Waals surface area contributed by atoms with E-state index in [0.29, 0.717) is 6.42 Å². The smallest absolute Gasteiger partial charge is 0.315 e. The number of nitrogens with one attached hydrogen (secondary N) is 2. The van der Waals surface area contributed by atoms with Crippen LogP contribution in [0.1, 0.15) is 41.1 Å². The molecular weight excluding hydrogens is 350 g/mol. The van der Waals surface area contributed by atoms with Crippen LogP contribution in [-0.4, -0.2) is 17.2 Å². The first-order chi connectivity index (χ1) is 13.5. The number of hydrogen-bond acceptors (Lipinski definition) is 3. The largest absolute Gasteiger partial charge is 0.361 e. The zero-order valence-electron chi connectivity index (χ0n) is 16.6. The Morgan fingerprint density at radius 3 is 2.21 bits per heavy atom. The standard InChI is InChI=1S/C23H27N3O2/c1-16(14-21-17(2)26-28-18(21)3)24-23(27)25-22(20-12-8-5-9-13-20)15-19-10-6-4-7-11-19/h4-13,16,22H,14-15H2,1-3H3,(H2,24,25,27)/t16-,22-/m0/s1. The Hall–Kier alpha value is -3.08. The zero-order valence-corrected chi connectivity index (χ0v) is 16.6. The van der Waals surface area contributed by atoms with E-state index < -0.39 is 0 Å². The van der Waals surface area contributed by atoms with Crippen molar-refractivity contribution in [3.05, 3.63) is 88.8 Å². The van der Waals surface area contributed by atoms with Gasteiger partial charge in [-0.15, -0.1) is 0 Å². The number of benzene rings is 2. The molecule has 0 spiro atoms. The number of hydrogen-bond donors (Lipinski definition) is 2. The molecule has 0 saturated heterocycles. The Balaban J connectivity index is 1.65. The van der Waals surface area contributed by atoms with Crippen molar-refractivity contribution in [3.8, 4) is 0 Å². The fourth-order valence-electron chi connectivity index (χ4n) is 3.36. The average Bonchev–Trinajstić information content (AvgIpc) is 3.01. The van der Waals surface area contributed by atoms with E-state index in [2.05, 4.69) is 27.9 Å². The molecule has 28 heavy (non-hydrogen) atoms. The molecule has 5 heteroatoms. The van der Waals surface area contributed by atoms with E-state index in [4.69, 9.17) is 4.52 Å². The van der Waals surface area contributed by atoms with Gasteiger partial charge in [-0.3, -0.25) is 0 Å². The molecule has 0 bridgehead atoms. The summed E-state index contributed by atoms with van der Waals surface area (Å²) in [5, 5.41) is 10.2. The summed E-state index contributed by atoms with van der Waals surface area (Å²) in [5.74, 6) is 0.804. The molecule has 0 unspecified atom stereocenters. The predicted molar refractivity (Wildman–Crippen MR) is 110 cm³/mol. The summed E-state index contributed by atoms with van der Waals surface area (Å²) in [7, 11) is 0. The van der Waals surface area contributed by atoms with Crippen molar-refractivity contribution in [3.63, 3.8) is 0 Å². The maximum absolute atomic E-state index is 12.7. The number of aromatic nitrogens is 1. The molecule has 3 rings (SSSR count).